The molecule has 0 aliphatic rings. The monoisotopic (exact) mass is 978 g/mol. The zero-order chi connectivity index (χ0) is 52.6. The number of rotatable bonds is 15. The Bertz CT molecular complexity index is 2800. The molecular weight excluding hydrogens is 921 g/mol. The summed E-state index contributed by atoms with van der Waals surface area (Å²) in [4.78, 5) is 97.2. The van der Waals surface area contributed by atoms with Crippen molar-refractivity contribution < 1.29 is 62.3 Å². The predicted octanol–water partition coefficient (Wildman–Crippen LogP) is 7.34. The lowest BCUT2D eigenvalue weighted by Crippen LogP contribution is -2.19. The molecule has 0 aliphatic heterocycles. The topological polar surface area (TPSA) is 282 Å². The van der Waals surface area contributed by atoms with Gasteiger partial charge in [-0.2, -0.15) is 0 Å². The van der Waals surface area contributed by atoms with Crippen LogP contribution in [0.5, 0.6) is 0 Å². The van der Waals surface area contributed by atoms with Gasteiger partial charge in [0, 0.05) is 51.8 Å². The van der Waals surface area contributed by atoms with Crippen LogP contribution in [-0.4, -0.2) is 90.5 Å². The Labute approximate surface area is 409 Å². The Morgan fingerprint density at radius 3 is 1.32 bits per heavy atom. The number of hydrogen-bond donors (Lipinski definition) is 5. The maximum absolute atomic E-state index is 11.9. The van der Waals surface area contributed by atoms with E-state index >= 15 is 0 Å². The number of nitrogens with two attached hydrogens (primary N) is 1. The van der Waals surface area contributed by atoms with Crippen LogP contribution in [-0.2, 0) is 47.6 Å². The largest absolute Gasteiger partial charge is 0.500 e. The Morgan fingerprint density at radius 2 is 0.915 bits per heavy atom. The summed E-state index contributed by atoms with van der Waals surface area (Å²) in [5.41, 5.74) is 6.97. The van der Waals surface area contributed by atoms with E-state index in [2.05, 4.69) is 24.8 Å². The van der Waals surface area contributed by atoms with E-state index in [1.54, 1.807) is 84.0 Å². The Kier molecular flexibility index (Phi) is 26.7. The lowest BCUT2D eigenvalue weighted by Gasteiger charge is -2.07. The number of carbonyl (C=O) groups is 6. The van der Waals surface area contributed by atoms with Gasteiger partial charge in [0.2, 0.25) is 10.9 Å². The average Bonchev–Trinajstić information content (AvgIpc) is 3.36. The fourth-order valence-corrected chi connectivity index (χ4v) is 5.38. The number of aromatic carboxylic acids is 1. The van der Waals surface area contributed by atoms with Gasteiger partial charge in [-0.25, -0.2) is 28.8 Å². The van der Waals surface area contributed by atoms with E-state index in [-0.39, 0.29) is 60.7 Å². The van der Waals surface area contributed by atoms with Gasteiger partial charge in [0.15, 0.2) is 11.1 Å². The third kappa shape index (κ3) is 20.0. The number of nitrogens with one attached hydrogen (secondary N) is 3. The molecule has 0 radical (unpaired) electrons. The maximum Gasteiger partial charge on any atom is 0.348 e. The van der Waals surface area contributed by atoms with Crippen LogP contribution >= 0.6 is 0 Å². The first-order valence-corrected chi connectivity index (χ1v) is 22.1. The highest BCUT2D eigenvalue weighted by Crippen LogP contribution is 2.10. The number of H-pyrrole nitrogens is 2. The van der Waals surface area contributed by atoms with Crippen molar-refractivity contribution in [2.24, 2.45) is 0 Å². The quantitative estimate of drug-likeness (QED) is 0.0128. The lowest BCUT2D eigenvalue weighted by molar-refractivity contribution is -0.148. The fraction of sp³-hybridized carbons (Fsp3) is 0.231. The lowest BCUT2D eigenvalue weighted by atomic mass is 10.1. The van der Waals surface area contributed by atoms with E-state index < -0.39 is 41.2 Å². The number of para-hydroxylation sites is 4. The molecule has 0 saturated heterocycles. The minimum atomic E-state index is -1.21. The number of aromatic nitrogens is 2. The number of esters is 5. The van der Waals surface area contributed by atoms with Gasteiger partial charge in [-0.05, 0) is 90.1 Å². The molecule has 4 aromatic carbocycles. The number of carboxylic acids is 1. The molecule has 376 valence electrons. The highest BCUT2D eigenvalue weighted by atomic mass is 16.6. The first-order valence-electron chi connectivity index (χ1n) is 22.1. The van der Waals surface area contributed by atoms with Gasteiger partial charge in [-0.15, -0.1) is 0 Å². The zero-order valence-electron chi connectivity index (χ0n) is 40.2. The minimum absolute atomic E-state index is 0.0422. The van der Waals surface area contributed by atoms with Gasteiger partial charge in [0.1, 0.15) is 17.4 Å². The summed E-state index contributed by atoms with van der Waals surface area (Å²) < 4.78 is 28.7. The highest BCUT2D eigenvalue weighted by Gasteiger charge is 2.22. The molecule has 0 saturated carbocycles. The van der Waals surface area contributed by atoms with E-state index in [1.165, 1.54) is 18.6 Å². The second kappa shape index (κ2) is 32.7. The summed E-state index contributed by atoms with van der Waals surface area (Å²) in [6.07, 6.45) is 4.97. The predicted molar refractivity (Wildman–Crippen MR) is 267 cm³/mol. The molecule has 6 rings (SSSR count). The molecule has 0 unspecified atom stereocenters. The molecule has 0 amide bonds. The van der Waals surface area contributed by atoms with E-state index in [9.17, 15) is 38.4 Å². The number of pyridine rings is 2. The highest BCUT2D eigenvalue weighted by molar-refractivity contribution is 6.14. The van der Waals surface area contributed by atoms with Crippen LogP contribution in [0.3, 0.4) is 0 Å². The van der Waals surface area contributed by atoms with E-state index in [4.69, 9.17) is 29.8 Å². The molecule has 19 nitrogen and oxygen atoms in total. The summed E-state index contributed by atoms with van der Waals surface area (Å²) in [6, 6.07) is 32.5. The Morgan fingerprint density at radius 1 is 0.521 bits per heavy atom. The average molecular weight is 979 g/mol. The third-order valence-corrected chi connectivity index (χ3v) is 8.61. The van der Waals surface area contributed by atoms with Crippen molar-refractivity contribution in [1.82, 2.24) is 9.97 Å². The first-order chi connectivity index (χ1) is 34.2. The van der Waals surface area contributed by atoms with E-state index in [0.717, 1.165) is 17.6 Å². The minimum Gasteiger partial charge on any atom is -0.500 e. The zero-order valence-corrected chi connectivity index (χ0v) is 40.2. The van der Waals surface area contributed by atoms with Crippen LogP contribution in [0.2, 0.25) is 0 Å². The SMILES string of the molecule is CCOC(=O)C(=CNc1ccccc1)C(=O)OCC.CCOC(=O)c1c[nH]c2ccccc2c1=O.CCOC=C(C(=O)OCC)C(=O)OCC.Nc1ccccc1.O=C(O)c1c[nH]c2ccccc2c1=O. The maximum atomic E-state index is 11.9. The van der Waals surface area contributed by atoms with Crippen LogP contribution < -0.4 is 21.9 Å². The number of aromatic amines is 2. The first kappa shape index (κ1) is 58.1. The Balaban J connectivity index is 0.000000311. The number of carboxylic acid groups (broad SMARTS) is 1. The van der Waals surface area contributed by atoms with Crippen molar-refractivity contribution in [2.75, 3.05) is 50.7 Å². The van der Waals surface area contributed by atoms with Crippen LogP contribution in [0.25, 0.3) is 21.8 Å². The summed E-state index contributed by atoms with van der Waals surface area (Å²) in [6.45, 7) is 11.5. The molecular formula is C52H58N4O15. The second-order valence-corrected chi connectivity index (χ2v) is 13.5. The number of benzene rings is 4. The van der Waals surface area contributed by atoms with Gasteiger partial charge in [0.25, 0.3) is 0 Å². The molecule has 0 atom stereocenters. The molecule has 2 heterocycles. The normalized spacial score (nSPS) is 9.61. The van der Waals surface area contributed by atoms with Gasteiger partial charge < -0.3 is 54.5 Å². The third-order valence-electron chi connectivity index (χ3n) is 8.61. The molecule has 6 N–H and O–H groups in total. The van der Waals surface area contributed by atoms with Crippen molar-refractivity contribution in [2.45, 2.75) is 41.5 Å². The molecule has 71 heavy (non-hydrogen) atoms. The molecule has 2 aromatic heterocycles. The van der Waals surface area contributed by atoms with Crippen molar-refractivity contribution in [3.05, 3.63) is 177 Å². The molecule has 6 aromatic rings. The number of ether oxygens (including phenoxy) is 6. The summed E-state index contributed by atoms with van der Waals surface area (Å²) in [7, 11) is 0. The molecule has 19 heteroatoms. The van der Waals surface area contributed by atoms with Crippen LogP contribution in [0.15, 0.2) is 155 Å². The summed E-state index contributed by atoms with van der Waals surface area (Å²) in [5, 5.41) is 12.5. The van der Waals surface area contributed by atoms with E-state index in [0.29, 0.717) is 28.4 Å². The summed E-state index contributed by atoms with van der Waals surface area (Å²) >= 11 is 0. The van der Waals surface area contributed by atoms with Gasteiger partial charge in [0.05, 0.1) is 39.6 Å². The number of carbonyl (C=O) groups excluding carboxylic acids is 5. The fourth-order valence-electron chi connectivity index (χ4n) is 5.38. The van der Waals surface area contributed by atoms with Crippen LogP contribution in [0, 0.1) is 0 Å². The number of hydrogen-bond acceptors (Lipinski definition) is 16. The standard InChI is InChI=1S/C14H17NO4.C12H11NO3.C10H7NO3.C10H16O5.C6H7N/c1-3-18-13(16)12(14(17)19-4-2)10-15-11-8-6-5-7-9-11;1-2-16-12(15)9-7-13-10-6-4-3-5-8(10)11(9)14;12-9-6-3-1-2-4-8(6)11-5-7(9)10(13)14;1-4-13-7-8(9(11)14-5-2)10(12)15-6-3;7-6-4-2-1-3-5-6/h5-10,15H,3-4H2,1-2H3;3-7H,2H2,1H3,(H,13,14);1-5H,(H,11,12)(H,13,14);7H,4-6H2,1-3H3;1-5H,7H2. The van der Waals surface area contributed by atoms with Crippen molar-refractivity contribution in [3.8, 4) is 0 Å². The van der Waals surface area contributed by atoms with E-state index in [1.807, 2.05) is 66.7 Å². The number of nitrogen functional groups attached to an aromatic ring is 1. The molecule has 0 fully saturated rings. The van der Waals surface area contributed by atoms with Crippen LogP contribution in [0.1, 0.15) is 62.3 Å². The van der Waals surface area contributed by atoms with Gasteiger partial charge in [-0.1, -0.05) is 60.7 Å². The van der Waals surface area contributed by atoms with Crippen molar-refractivity contribution in [3.63, 3.8) is 0 Å². The summed E-state index contributed by atoms with van der Waals surface area (Å²) in [5.74, 6) is -4.67. The molecule has 0 aliphatic carbocycles. The Hall–Kier alpha value is -9.00. The van der Waals surface area contributed by atoms with Gasteiger partial charge >= 0.3 is 35.8 Å². The molecule has 0 bridgehead atoms. The van der Waals surface area contributed by atoms with Gasteiger partial charge in [-0.3, -0.25) is 9.59 Å². The smallest absolute Gasteiger partial charge is 0.348 e. The van der Waals surface area contributed by atoms with Crippen molar-refractivity contribution >= 4 is 69.0 Å². The van der Waals surface area contributed by atoms with Crippen molar-refractivity contribution in [1.29, 1.82) is 0 Å². The number of fused-ring (bicyclic) bond motifs is 2. The molecule has 0 spiro atoms. The number of anilines is 2. The van der Waals surface area contributed by atoms with Crippen LogP contribution in [0.4, 0.5) is 11.4 Å². The second-order valence-electron chi connectivity index (χ2n) is 13.5.